The molecular formula is C23H12N2O2S2. The minimum absolute atomic E-state index is 0.413. The van der Waals surface area contributed by atoms with Gasteiger partial charge in [-0.3, -0.25) is 0 Å². The predicted octanol–water partition coefficient (Wildman–Crippen LogP) is 6.20. The van der Waals surface area contributed by atoms with Gasteiger partial charge < -0.3 is 4.42 Å². The van der Waals surface area contributed by atoms with E-state index in [1.807, 2.05) is 66.1 Å². The molecule has 4 nitrogen and oxygen atoms in total. The summed E-state index contributed by atoms with van der Waals surface area (Å²) in [6.07, 6.45) is 3.44. The van der Waals surface area contributed by atoms with Crippen LogP contribution in [0, 0.1) is 11.3 Å². The number of rotatable bonds is 3. The van der Waals surface area contributed by atoms with Crippen molar-refractivity contribution in [2.75, 3.05) is 0 Å². The number of aromatic nitrogens is 1. The molecule has 6 heteroatoms. The lowest BCUT2D eigenvalue weighted by Crippen LogP contribution is -2.01. The van der Waals surface area contributed by atoms with E-state index in [4.69, 9.17) is 4.42 Å². The molecule has 0 radical (unpaired) electrons. The van der Waals surface area contributed by atoms with Crippen molar-refractivity contribution in [3.63, 3.8) is 0 Å². The molecule has 5 aromatic rings. The summed E-state index contributed by atoms with van der Waals surface area (Å²) in [6.45, 7) is 0. The number of fused-ring (bicyclic) bond motifs is 3. The topological polar surface area (TPSA) is 66.9 Å². The fraction of sp³-hybridized carbons (Fsp3) is 0. The first kappa shape index (κ1) is 17.6. The van der Waals surface area contributed by atoms with Crippen molar-refractivity contribution in [3.05, 3.63) is 86.5 Å². The van der Waals surface area contributed by atoms with Gasteiger partial charge >= 0.3 is 5.63 Å². The highest BCUT2D eigenvalue weighted by Crippen LogP contribution is 2.32. The van der Waals surface area contributed by atoms with Crippen LogP contribution in [-0.4, -0.2) is 4.98 Å². The largest absolute Gasteiger partial charge is 0.422 e. The van der Waals surface area contributed by atoms with Gasteiger partial charge in [-0.1, -0.05) is 36.4 Å². The average Bonchev–Trinajstić information content (AvgIpc) is 3.43. The maximum absolute atomic E-state index is 12.6. The highest BCUT2D eigenvalue weighted by atomic mass is 32.1. The molecule has 0 N–H and O–H groups in total. The second kappa shape index (κ2) is 7.13. The van der Waals surface area contributed by atoms with Crippen LogP contribution in [0.2, 0.25) is 0 Å². The number of thiazole rings is 1. The molecule has 29 heavy (non-hydrogen) atoms. The molecule has 0 atom stereocenters. The van der Waals surface area contributed by atoms with E-state index in [0.29, 0.717) is 26.6 Å². The lowest BCUT2D eigenvalue weighted by Gasteiger charge is -2.04. The number of allylic oxidation sites excluding steroid dienone is 1. The number of benzene rings is 2. The molecule has 0 fully saturated rings. The van der Waals surface area contributed by atoms with Gasteiger partial charge in [0.05, 0.1) is 16.0 Å². The van der Waals surface area contributed by atoms with Crippen molar-refractivity contribution in [2.45, 2.75) is 0 Å². The Kier molecular flexibility index (Phi) is 4.32. The van der Waals surface area contributed by atoms with Gasteiger partial charge in [-0.25, -0.2) is 9.78 Å². The highest BCUT2D eigenvalue weighted by molar-refractivity contribution is 7.16. The van der Waals surface area contributed by atoms with E-state index in [2.05, 4.69) is 11.1 Å². The Labute approximate surface area is 173 Å². The van der Waals surface area contributed by atoms with Crippen molar-refractivity contribution in [3.8, 4) is 16.5 Å². The zero-order valence-corrected chi connectivity index (χ0v) is 16.6. The first-order valence-corrected chi connectivity index (χ1v) is 10.5. The van der Waals surface area contributed by atoms with Gasteiger partial charge in [0.2, 0.25) is 0 Å². The lowest BCUT2D eigenvalue weighted by molar-refractivity contribution is 0.564. The van der Waals surface area contributed by atoms with Crippen LogP contribution in [-0.2, 0) is 0 Å². The molecule has 138 valence electrons. The second-order valence-electron chi connectivity index (χ2n) is 6.36. The standard InChI is InChI=1S/C23H12N2O2S2/c24-12-15(10-16-5-3-9-28-16)22-25-13-21(29-22)19-11-18-17-6-2-1-4-14(17)7-8-20(18)27-23(19)26/h1-11,13H/b15-10+. The Balaban J connectivity index is 1.65. The van der Waals surface area contributed by atoms with E-state index >= 15 is 0 Å². The fourth-order valence-electron chi connectivity index (χ4n) is 3.22. The molecule has 0 aliphatic carbocycles. The minimum Gasteiger partial charge on any atom is -0.422 e. The van der Waals surface area contributed by atoms with Crippen molar-refractivity contribution >= 4 is 56.1 Å². The second-order valence-corrected chi connectivity index (χ2v) is 8.37. The van der Waals surface area contributed by atoms with Crippen LogP contribution in [0.1, 0.15) is 9.88 Å². The molecule has 0 aliphatic rings. The van der Waals surface area contributed by atoms with Crippen LogP contribution in [0.3, 0.4) is 0 Å². The number of hydrogen-bond donors (Lipinski definition) is 0. The first-order chi connectivity index (χ1) is 14.2. The summed E-state index contributed by atoms with van der Waals surface area (Å²) in [5, 5.41) is 15.1. The summed E-state index contributed by atoms with van der Waals surface area (Å²) in [5.41, 5.74) is 1.06. The Bertz CT molecular complexity index is 1490. The SMILES string of the molecule is N#C/C(=C\c1cccs1)c1ncc(-c2cc3c(ccc4ccccc43)oc2=O)s1. The summed E-state index contributed by atoms with van der Waals surface area (Å²) in [5.74, 6) is 0. The van der Waals surface area contributed by atoms with Crippen molar-refractivity contribution in [1.29, 1.82) is 5.26 Å². The maximum atomic E-state index is 12.6. The lowest BCUT2D eigenvalue weighted by atomic mass is 10.0. The smallest absolute Gasteiger partial charge is 0.345 e. The summed E-state index contributed by atoms with van der Waals surface area (Å²) in [4.78, 5) is 18.6. The Morgan fingerprint density at radius 2 is 2.00 bits per heavy atom. The monoisotopic (exact) mass is 412 g/mol. The van der Waals surface area contributed by atoms with Gasteiger partial charge in [0, 0.05) is 16.5 Å². The van der Waals surface area contributed by atoms with E-state index < -0.39 is 5.63 Å². The van der Waals surface area contributed by atoms with Gasteiger partial charge in [0.15, 0.2) is 0 Å². The number of nitriles is 1. The Morgan fingerprint density at radius 3 is 2.83 bits per heavy atom. The molecule has 0 saturated carbocycles. The quantitative estimate of drug-likeness (QED) is 0.201. The van der Waals surface area contributed by atoms with Gasteiger partial charge in [-0.15, -0.1) is 22.7 Å². The molecule has 0 spiro atoms. The molecule has 3 aromatic heterocycles. The molecule has 0 bridgehead atoms. The van der Waals surface area contributed by atoms with E-state index in [0.717, 1.165) is 21.0 Å². The maximum Gasteiger partial charge on any atom is 0.345 e. The summed E-state index contributed by atoms with van der Waals surface area (Å²) in [6, 6.07) is 19.7. The predicted molar refractivity (Wildman–Crippen MR) is 119 cm³/mol. The van der Waals surface area contributed by atoms with Gasteiger partial charge in [0.25, 0.3) is 0 Å². The van der Waals surface area contributed by atoms with Gasteiger partial charge in [0.1, 0.15) is 16.7 Å². The zero-order valence-electron chi connectivity index (χ0n) is 15.0. The molecule has 0 amide bonds. The van der Waals surface area contributed by atoms with E-state index in [1.54, 1.807) is 17.5 Å². The molecule has 0 unspecified atom stereocenters. The van der Waals surface area contributed by atoms with E-state index in [1.165, 1.54) is 11.3 Å². The van der Waals surface area contributed by atoms with Crippen LogP contribution in [0.25, 0.3) is 43.8 Å². The highest BCUT2D eigenvalue weighted by Gasteiger charge is 2.15. The summed E-state index contributed by atoms with van der Waals surface area (Å²) >= 11 is 2.87. The van der Waals surface area contributed by atoms with E-state index in [-0.39, 0.29) is 0 Å². The Morgan fingerprint density at radius 1 is 1.10 bits per heavy atom. The first-order valence-electron chi connectivity index (χ1n) is 8.80. The normalized spacial score (nSPS) is 11.8. The molecule has 0 saturated heterocycles. The molecule has 5 rings (SSSR count). The van der Waals surface area contributed by atoms with Crippen LogP contribution >= 0.6 is 22.7 Å². The van der Waals surface area contributed by atoms with Crippen molar-refractivity contribution in [2.24, 2.45) is 0 Å². The third-order valence-electron chi connectivity index (χ3n) is 4.59. The molecule has 2 aromatic carbocycles. The number of thiophene rings is 1. The summed E-state index contributed by atoms with van der Waals surface area (Å²) < 4.78 is 5.58. The average molecular weight is 412 g/mol. The van der Waals surface area contributed by atoms with Gasteiger partial charge in [-0.2, -0.15) is 5.26 Å². The fourth-order valence-corrected chi connectivity index (χ4v) is 4.77. The summed E-state index contributed by atoms with van der Waals surface area (Å²) in [7, 11) is 0. The molecule has 3 heterocycles. The molecular weight excluding hydrogens is 400 g/mol. The third kappa shape index (κ3) is 3.17. The van der Waals surface area contributed by atoms with Crippen molar-refractivity contribution < 1.29 is 4.42 Å². The van der Waals surface area contributed by atoms with Gasteiger partial charge in [-0.05, 0) is 40.4 Å². The molecule has 0 aliphatic heterocycles. The van der Waals surface area contributed by atoms with Crippen molar-refractivity contribution in [1.82, 2.24) is 4.98 Å². The number of hydrogen-bond acceptors (Lipinski definition) is 6. The number of nitrogens with zero attached hydrogens (tertiary/aromatic N) is 2. The Hall–Kier alpha value is -3.53. The minimum atomic E-state index is -0.413. The van der Waals surface area contributed by atoms with E-state index in [9.17, 15) is 10.1 Å². The van der Waals surface area contributed by atoms with Crippen LogP contribution in [0.5, 0.6) is 0 Å². The third-order valence-corrected chi connectivity index (χ3v) is 6.48. The van der Waals surface area contributed by atoms with Crippen LogP contribution in [0.4, 0.5) is 0 Å². The van der Waals surface area contributed by atoms with Crippen LogP contribution in [0.15, 0.2) is 75.4 Å². The van der Waals surface area contributed by atoms with Crippen LogP contribution < -0.4 is 5.63 Å². The zero-order chi connectivity index (χ0) is 19.8.